The van der Waals surface area contributed by atoms with Crippen molar-refractivity contribution in [2.24, 2.45) is 5.41 Å². The van der Waals surface area contributed by atoms with Crippen molar-refractivity contribution >= 4 is 5.82 Å². The van der Waals surface area contributed by atoms with Gasteiger partial charge in [0.15, 0.2) is 5.82 Å². The number of nitrogens with zero attached hydrogens (tertiary/aromatic N) is 4. The Kier molecular flexibility index (Phi) is 3.92. The van der Waals surface area contributed by atoms with Gasteiger partial charge in [-0.2, -0.15) is 5.10 Å². The Morgan fingerprint density at radius 3 is 2.40 bits per heavy atom. The van der Waals surface area contributed by atoms with Gasteiger partial charge in [0, 0.05) is 13.1 Å². The van der Waals surface area contributed by atoms with Gasteiger partial charge in [0.1, 0.15) is 0 Å². The molecule has 2 fully saturated rings. The van der Waals surface area contributed by atoms with E-state index in [2.05, 4.69) is 39.2 Å². The highest BCUT2D eigenvalue weighted by molar-refractivity contribution is 5.37. The number of anilines is 1. The van der Waals surface area contributed by atoms with Crippen LogP contribution in [-0.2, 0) is 0 Å². The molecule has 1 spiro atoms. The molecule has 2 aliphatic rings. The third-order valence-corrected chi connectivity index (χ3v) is 5.20. The van der Waals surface area contributed by atoms with Crippen LogP contribution in [0.5, 0.6) is 0 Å². The Hall–Kier alpha value is -1.16. The molecule has 0 unspecified atom stereocenters. The molecule has 2 saturated heterocycles. The highest BCUT2D eigenvalue weighted by Gasteiger charge is 2.35. The molecule has 3 heterocycles. The molecule has 0 amide bonds. The lowest BCUT2D eigenvalue weighted by Gasteiger charge is -2.40. The SMILES string of the molecule is Cc1ccc(N2CCCC3(CCN(C)CC3)CC2)nn1. The molecule has 4 heteroatoms. The second kappa shape index (κ2) is 5.68. The first kappa shape index (κ1) is 13.8. The molecule has 0 bridgehead atoms. The van der Waals surface area contributed by atoms with Crippen molar-refractivity contribution in [2.75, 3.05) is 38.1 Å². The van der Waals surface area contributed by atoms with E-state index < -0.39 is 0 Å². The van der Waals surface area contributed by atoms with Gasteiger partial charge in [0.25, 0.3) is 0 Å². The van der Waals surface area contributed by atoms with Crippen LogP contribution < -0.4 is 4.90 Å². The van der Waals surface area contributed by atoms with Crippen molar-refractivity contribution in [2.45, 2.75) is 39.0 Å². The summed E-state index contributed by atoms with van der Waals surface area (Å²) >= 11 is 0. The zero-order valence-electron chi connectivity index (χ0n) is 12.8. The van der Waals surface area contributed by atoms with E-state index in [9.17, 15) is 0 Å². The highest BCUT2D eigenvalue weighted by Crippen LogP contribution is 2.41. The van der Waals surface area contributed by atoms with E-state index in [1.165, 1.54) is 45.2 Å². The summed E-state index contributed by atoms with van der Waals surface area (Å²) in [6.07, 6.45) is 6.74. The van der Waals surface area contributed by atoms with Crippen molar-refractivity contribution in [1.29, 1.82) is 0 Å². The molecular weight excluding hydrogens is 248 g/mol. The van der Waals surface area contributed by atoms with Crippen LogP contribution in [0.15, 0.2) is 12.1 Å². The van der Waals surface area contributed by atoms with E-state index in [-0.39, 0.29) is 0 Å². The number of hydrogen-bond acceptors (Lipinski definition) is 4. The minimum absolute atomic E-state index is 0.597. The molecule has 0 aliphatic carbocycles. The predicted octanol–water partition coefficient (Wildman–Crippen LogP) is 2.49. The second-order valence-corrected chi connectivity index (χ2v) is 6.68. The number of aryl methyl sites for hydroxylation is 1. The summed E-state index contributed by atoms with van der Waals surface area (Å²) in [6, 6.07) is 4.19. The molecule has 2 aliphatic heterocycles. The molecule has 3 rings (SSSR count). The van der Waals surface area contributed by atoms with Gasteiger partial charge in [-0.3, -0.25) is 0 Å². The topological polar surface area (TPSA) is 32.3 Å². The maximum absolute atomic E-state index is 4.36. The van der Waals surface area contributed by atoms with Gasteiger partial charge >= 0.3 is 0 Å². The van der Waals surface area contributed by atoms with E-state index in [0.29, 0.717) is 5.41 Å². The number of rotatable bonds is 1. The average Bonchev–Trinajstić information content (AvgIpc) is 2.67. The van der Waals surface area contributed by atoms with Gasteiger partial charge in [-0.25, -0.2) is 0 Å². The third kappa shape index (κ3) is 2.95. The van der Waals surface area contributed by atoms with Crippen molar-refractivity contribution < 1.29 is 0 Å². The summed E-state index contributed by atoms with van der Waals surface area (Å²) in [5.74, 6) is 1.06. The molecule has 1 aromatic rings. The lowest BCUT2D eigenvalue weighted by molar-refractivity contribution is 0.109. The van der Waals surface area contributed by atoms with Gasteiger partial charge < -0.3 is 9.80 Å². The molecule has 110 valence electrons. The minimum Gasteiger partial charge on any atom is -0.355 e. The summed E-state index contributed by atoms with van der Waals surface area (Å²) in [5.41, 5.74) is 1.59. The third-order valence-electron chi connectivity index (χ3n) is 5.20. The molecule has 0 N–H and O–H groups in total. The average molecular weight is 274 g/mol. The second-order valence-electron chi connectivity index (χ2n) is 6.68. The lowest BCUT2D eigenvalue weighted by atomic mass is 9.73. The standard InChI is InChI=1S/C16H26N4/c1-14-4-5-15(18-17-14)20-10-3-6-16(9-13-20)7-11-19(2)12-8-16/h4-5H,3,6-13H2,1-2H3. The fourth-order valence-corrected chi connectivity index (χ4v) is 3.64. The van der Waals surface area contributed by atoms with Crippen molar-refractivity contribution in [1.82, 2.24) is 15.1 Å². The molecule has 0 atom stereocenters. The van der Waals surface area contributed by atoms with Crippen LogP contribution in [0.3, 0.4) is 0 Å². The van der Waals surface area contributed by atoms with E-state index in [1.807, 2.05) is 6.92 Å². The van der Waals surface area contributed by atoms with Crippen LogP contribution in [0.25, 0.3) is 0 Å². The van der Waals surface area contributed by atoms with Gasteiger partial charge in [-0.1, -0.05) is 0 Å². The van der Waals surface area contributed by atoms with Crippen molar-refractivity contribution in [3.63, 3.8) is 0 Å². The van der Waals surface area contributed by atoms with E-state index in [0.717, 1.165) is 24.6 Å². The number of hydrogen-bond donors (Lipinski definition) is 0. The lowest BCUT2D eigenvalue weighted by Crippen LogP contribution is -2.38. The van der Waals surface area contributed by atoms with Crippen LogP contribution in [0.2, 0.25) is 0 Å². The van der Waals surface area contributed by atoms with Crippen molar-refractivity contribution in [3.8, 4) is 0 Å². The monoisotopic (exact) mass is 274 g/mol. The van der Waals surface area contributed by atoms with Crippen LogP contribution in [0, 0.1) is 12.3 Å². The predicted molar refractivity (Wildman–Crippen MR) is 82.0 cm³/mol. The number of likely N-dealkylation sites (tertiary alicyclic amines) is 1. The fourth-order valence-electron chi connectivity index (χ4n) is 3.64. The molecule has 4 nitrogen and oxygen atoms in total. The van der Waals surface area contributed by atoms with E-state index in [1.54, 1.807) is 0 Å². The van der Waals surface area contributed by atoms with Crippen LogP contribution in [0.1, 0.15) is 37.8 Å². The Morgan fingerprint density at radius 1 is 0.950 bits per heavy atom. The molecule has 0 saturated carbocycles. The molecule has 0 radical (unpaired) electrons. The summed E-state index contributed by atoms with van der Waals surface area (Å²) < 4.78 is 0. The van der Waals surface area contributed by atoms with Gasteiger partial charge in [-0.15, -0.1) is 5.10 Å². The Bertz CT molecular complexity index is 434. The highest BCUT2D eigenvalue weighted by atomic mass is 15.3. The largest absolute Gasteiger partial charge is 0.355 e. The van der Waals surface area contributed by atoms with Gasteiger partial charge in [0.2, 0.25) is 0 Å². The summed E-state index contributed by atoms with van der Waals surface area (Å²) in [4.78, 5) is 4.90. The van der Waals surface area contributed by atoms with Crippen LogP contribution in [-0.4, -0.2) is 48.3 Å². The first-order valence-electron chi connectivity index (χ1n) is 7.91. The normalized spacial score (nSPS) is 23.8. The number of piperidine rings is 1. The Balaban J connectivity index is 1.66. The minimum atomic E-state index is 0.597. The van der Waals surface area contributed by atoms with E-state index in [4.69, 9.17) is 0 Å². The summed E-state index contributed by atoms with van der Waals surface area (Å²) in [7, 11) is 2.25. The number of aromatic nitrogens is 2. The fraction of sp³-hybridized carbons (Fsp3) is 0.750. The zero-order chi connectivity index (χ0) is 14.0. The van der Waals surface area contributed by atoms with Gasteiger partial charge in [-0.05, 0) is 76.7 Å². The van der Waals surface area contributed by atoms with Crippen molar-refractivity contribution in [3.05, 3.63) is 17.8 Å². The van der Waals surface area contributed by atoms with Crippen LogP contribution in [0.4, 0.5) is 5.82 Å². The first-order chi connectivity index (χ1) is 9.67. The zero-order valence-corrected chi connectivity index (χ0v) is 12.8. The molecule has 1 aromatic heterocycles. The smallest absolute Gasteiger partial charge is 0.151 e. The molecular formula is C16H26N4. The summed E-state index contributed by atoms with van der Waals surface area (Å²) in [5, 5.41) is 8.56. The van der Waals surface area contributed by atoms with Crippen LogP contribution >= 0.6 is 0 Å². The quantitative estimate of drug-likeness (QED) is 0.787. The maximum Gasteiger partial charge on any atom is 0.151 e. The van der Waals surface area contributed by atoms with E-state index >= 15 is 0 Å². The maximum atomic E-state index is 4.36. The Morgan fingerprint density at radius 2 is 1.70 bits per heavy atom. The summed E-state index contributed by atoms with van der Waals surface area (Å²) in [6.45, 7) is 6.80. The molecule has 0 aromatic carbocycles. The van der Waals surface area contributed by atoms with Gasteiger partial charge in [0.05, 0.1) is 5.69 Å². The molecule has 20 heavy (non-hydrogen) atoms. The first-order valence-corrected chi connectivity index (χ1v) is 7.91. The Labute approximate surface area is 122 Å².